The number of esters is 1. The van der Waals surface area contributed by atoms with Gasteiger partial charge in [-0.1, -0.05) is 29.8 Å². The topological polar surface area (TPSA) is 63.6 Å². The van der Waals surface area contributed by atoms with Gasteiger partial charge >= 0.3 is 5.97 Å². The van der Waals surface area contributed by atoms with E-state index in [9.17, 15) is 14.7 Å². The minimum absolute atomic E-state index is 0.128. The molecule has 2 unspecified atom stereocenters. The van der Waals surface area contributed by atoms with Gasteiger partial charge in [0.1, 0.15) is 0 Å². The second-order valence-corrected chi connectivity index (χ2v) is 5.02. The van der Waals surface area contributed by atoms with E-state index < -0.39 is 17.5 Å². The van der Waals surface area contributed by atoms with E-state index in [-0.39, 0.29) is 12.4 Å². The molecular formula is C15H15ClO4. The average molecular weight is 295 g/mol. The Morgan fingerprint density at radius 2 is 2.10 bits per heavy atom. The number of hydrogen-bond donors (Lipinski definition) is 1. The number of aliphatic hydroxyl groups is 1. The molecule has 1 aliphatic carbocycles. The van der Waals surface area contributed by atoms with Gasteiger partial charge in [0.15, 0.2) is 11.4 Å². The van der Waals surface area contributed by atoms with Crippen molar-refractivity contribution in [2.75, 3.05) is 6.61 Å². The summed E-state index contributed by atoms with van der Waals surface area (Å²) in [6.45, 7) is 1.78. The quantitative estimate of drug-likeness (QED) is 0.865. The molecule has 0 aliphatic heterocycles. The highest BCUT2D eigenvalue weighted by Crippen LogP contribution is 2.37. The predicted molar refractivity (Wildman–Crippen MR) is 74.2 cm³/mol. The highest BCUT2D eigenvalue weighted by molar-refractivity contribution is 6.30. The van der Waals surface area contributed by atoms with Crippen molar-refractivity contribution in [1.82, 2.24) is 0 Å². The van der Waals surface area contributed by atoms with Crippen LogP contribution in [0.1, 0.15) is 18.9 Å². The van der Waals surface area contributed by atoms with E-state index in [1.165, 1.54) is 18.2 Å². The highest BCUT2D eigenvalue weighted by atomic mass is 35.5. The molecule has 2 rings (SSSR count). The first-order valence-corrected chi connectivity index (χ1v) is 6.74. The van der Waals surface area contributed by atoms with E-state index in [2.05, 4.69) is 0 Å². The van der Waals surface area contributed by atoms with Gasteiger partial charge in [-0.3, -0.25) is 4.79 Å². The van der Waals surface area contributed by atoms with E-state index in [4.69, 9.17) is 16.3 Å². The molecule has 1 aromatic rings. The average Bonchev–Trinajstić information content (AvgIpc) is 2.85. The summed E-state index contributed by atoms with van der Waals surface area (Å²) in [5.74, 6) is -1.96. The maximum atomic E-state index is 12.2. The zero-order valence-electron chi connectivity index (χ0n) is 11.0. The van der Waals surface area contributed by atoms with Gasteiger partial charge in [-0.15, -0.1) is 0 Å². The smallest absolute Gasteiger partial charge is 0.343 e. The number of ketones is 1. The van der Waals surface area contributed by atoms with Crippen LogP contribution < -0.4 is 0 Å². The SMILES string of the molecule is CCOC(=O)C(O)(c1ccc(Cl)cc1)C1CC=CC1=O. The summed E-state index contributed by atoms with van der Waals surface area (Å²) >= 11 is 5.81. The number of carbonyl (C=O) groups excluding carboxylic acids is 2. The Bertz CT molecular complexity index is 549. The second-order valence-electron chi connectivity index (χ2n) is 4.59. The zero-order valence-corrected chi connectivity index (χ0v) is 11.8. The lowest BCUT2D eigenvalue weighted by Crippen LogP contribution is -2.46. The van der Waals surface area contributed by atoms with Crippen molar-refractivity contribution in [3.8, 4) is 0 Å². The highest BCUT2D eigenvalue weighted by Gasteiger charge is 2.50. The standard InChI is InChI=1S/C15H15ClO4/c1-2-20-14(18)15(19,12-4-3-5-13(12)17)10-6-8-11(16)9-7-10/h3,5-9,12,19H,2,4H2,1H3. The molecule has 1 aliphatic rings. The van der Waals surface area contributed by atoms with Crippen LogP contribution in [0.2, 0.25) is 5.02 Å². The summed E-state index contributed by atoms with van der Waals surface area (Å²) in [7, 11) is 0. The fraction of sp³-hybridized carbons (Fsp3) is 0.333. The zero-order chi connectivity index (χ0) is 14.8. The Morgan fingerprint density at radius 1 is 1.45 bits per heavy atom. The minimum Gasteiger partial charge on any atom is -0.464 e. The van der Waals surface area contributed by atoms with E-state index in [1.54, 1.807) is 25.1 Å². The van der Waals surface area contributed by atoms with Crippen LogP contribution in [0.25, 0.3) is 0 Å². The molecule has 0 amide bonds. The molecule has 0 aromatic heterocycles. The van der Waals surface area contributed by atoms with Crippen LogP contribution in [-0.2, 0) is 19.9 Å². The number of benzene rings is 1. The molecule has 0 spiro atoms. The van der Waals surface area contributed by atoms with Crippen molar-refractivity contribution in [3.63, 3.8) is 0 Å². The van der Waals surface area contributed by atoms with Crippen LogP contribution in [0.5, 0.6) is 0 Å². The van der Waals surface area contributed by atoms with Crippen LogP contribution in [0, 0.1) is 5.92 Å². The molecular weight excluding hydrogens is 280 g/mol. The van der Waals surface area contributed by atoms with Crippen LogP contribution in [-0.4, -0.2) is 23.5 Å². The Kier molecular flexibility index (Phi) is 4.26. The molecule has 0 bridgehead atoms. The first-order valence-electron chi connectivity index (χ1n) is 6.36. The van der Waals surface area contributed by atoms with E-state index in [0.29, 0.717) is 17.0 Å². The summed E-state index contributed by atoms with van der Waals surface area (Å²) in [6.07, 6.45) is 3.33. The van der Waals surface area contributed by atoms with Crippen molar-refractivity contribution in [2.45, 2.75) is 18.9 Å². The molecule has 1 N–H and O–H groups in total. The molecule has 1 aromatic carbocycles. The van der Waals surface area contributed by atoms with Gasteiger partial charge in [0.2, 0.25) is 0 Å². The van der Waals surface area contributed by atoms with Gasteiger partial charge in [-0.25, -0.2) is 4.79 Å². The fourth-order valence-corrected chi connectivity index (χ4v) is 2.46. The fourth-order valence-electron chi connectivity index (χ4n) is 2.34. The lowest BCUT2D eigenvalue weighted by atomic mass is 9.79. The third-order valence-electron chi connectivity index (χ3n) is 3.37. The van der Waals surface area contributed by atoms with Gasteiger partial charge in [0, 0.05) is 5.02 Å². The van der Waals surface area contributed by atoms with Crippen molar-refractivity contribution in [3.05, 3.63) is 47.0 Å². The number of carbonyl (C=O) groups is 2. The van der Waals surface area contributed by atoms with Crippen molar-refractivity contribution < 1.29 is 19.4 Å². The first-order chi connectivity index (χ1) is 9.50. The van der Waals surface area contributed by atoms with Crippen LogP contribution >= 0.6 is 11.6 Å². The van der Waals surface area contributed by atoms with E-state index in [0.717, 1.165) is 0 Å². The Morgan fingerprint density at radius 3 is 2.60 bits per heavy atom. The third kappa shape index (κ3) is 2.49. The Labute approximate surface area is 122 Å². The van der Waals surface area contributed by atoms with Crippen LogP contribution in [0.15, 0.2) is 36.4 Å². The molecule has 0 saturated carbocycles. The second kappa shape index (κ2) is 5.77. The van der Waals surface area contributed by atoms with Gasteiger partial charge in [-0.05, 0) is 37.1 Å². The maximum Gasteiger partial charge on any atom is 0.343 e. The number of ether oxygens (including phenoxy) is 1. The summed E-state index contributed by atoms with van der Waals surface area (Å²) in [5, 5.41) is 11.3. The maximum absolute atomic E-state index is 12.2. The molecule has 0 saturated heterocycles. The number of halogens is 1. The molecule has 0 fully saturated rings. The third-order valence-corrected chi connectivity index (χ3v) is 3.62. The summed E-state index contributed by atoms with van der Waals surface area (Å²) < 4.78 is 4.95. The van der Waals surface area contributed by atoms with Crippen molar-refractivity contribution >= 4 is 23.4 Å². The lowest BCUT2D eigenvalue weighted by molar-refractivity contribution is -0.174. The largest absolute Gasteiger partial charge is 0.464 e. The van der Waals surface area contributed by atoms with E-state index >= 15 is 0 Å². The van der Waals surface area contributed by atoms with Crippen LogP contribution in [0.4, 0.5) is 0 Å². The molecule has 20 heavy (non-hydrogen) atoms. The molecule has 5 heteroatoms. The lowest BCUT2D eigenvalue weighted by Gasteiger charge is -2.31. The number of rotatable bonds is 4. The van der Waals surface area contributed by atoms with Gasteiger partial charge in [-0.2, -0.15) is 0 Å². The van der Waals surface area contributed by atoms with Gasteiger partial charge < -0.3 is 9.84 Å². The van der Waals surface area contributed by atoms with E-state index in [1.807, 2.05) is 0 Å². The number of allylic oxidation sites excluding steroid dienone is 2. The summed E-state index contributed by atoms with van der Waals surface area (Å²) in [5.41, 5.74) is -1.68. The molecule has 106 valence electrons. The molecule has 0 heterocycles. The minimum atomic E-state index is -1.98. The molecule has 4 nitrogen and oxygen atoms in total. The van der Waals surface area contributed by atoms with Crippen LogP contribution in [0.3, 0.4) is 0 Å². The molecule has 2 atom stereocenters. The summed E-state index contributed by atoms with van der Waals surface area (Å²) in [4.78, 5) is 24.1. The Balaban J connectivity index is 2.45. The summed E-state index contributed by atoms with van der Waals surface area (Å²) in [6, 6.07) is 6.19. The monoisotopic (exact) mass is 294 g/mol. The van der Waals surface area contributed by atoms with Crippen molar-refractivity contribution in [2.24, 2.45) is 5.92 Å². The number of hydrogen-bond acceptors (Lipinski definition) is 4. The Hall–Kier alpha value is -1.65. The van der Waals surface area contributed by atoms with Gasteiger partial charge in [0.25, 0.3) is 0 Å². The normalized spacial score (nSPS) is 20.8. The predicted octanol–water partition coefficient (Wildman–Crippen LogP) is 2.24. The molecule has 0 radical (unpaired) electrons. The first kappa shape index (κ1) is 14.8. The van der Waals surface area contributed by atoms with Gasteiger partial charge in [0.05, 0.1) is 12.5 Å². The van der Waals surface area contributed by atoms with Crippen molar-refractivity contribution in [1.29, 1.82) is 0 Å².